The number of nitrogens with one attached hydrogen (secondary N) is 1. The summed E-state index contributed by atoms with van der Waals surface area (Å²) in [5.41, 5.74) is 0. The molecule has 0 bridgehead atoms. The zero-order chi connectivity index (χ0) is 10.8. The molecular weight excluding hydrogens is 283 g/mol. The minimum Gasteiger partial charge on any atom is -0.388 e. The quantitative estimate of drug-likeness (QED) is 0.871. The Morgan fingerprint density at radius 2 is 2.40 bits per heavy atom. The molecule has 1 fully saturated rings. The molecular formula is C9H10BrClN2O2. The van der Waals surface area contributed by atoms with Crippen LogP contribution in [-0.2, 0) is 4.74 Å². The highest BCUT2D eigenvalue weighted by Gasteiger charge is 2.26. The van der Waals surface area contributed by atoms with Crippen LogP contribution in [0.3, 0.4) is 0 Å². The van der Waals surface area contributed by atoms with E-state index in [4.69, 9.17) is 16.3 Å². The van der Waals surface area contributed by atoms with Gasteiger partial charge in [0.15, 0.2) is 0 Å². The number of hydrogen-bond donors (Lipinski definition) is 2. The predicted molar refractivity (Wildman–Crippen MR) is 61.2 cm³/mol. The van der Waals surface area contributed by atoms with Gasteiger partial charge in [0, 0.05) is 6.20 Å². The molecule has 2 N–H and O–H groups in total. The number of pyridine rings is 1. The molecule has 0 radical (unpaired) electrons. The average molecular weight is 294 g/mol. The van der Waals surface area contributed by atoms with E-state index in [1.54, 1.807) is 12.3 Å². The normalized spacial score (nSPS) is 25.5. The van der Waals surface area contributed by atoms with Crippen molar-refractivity contribution >= 4 is 33.3 Å². The van der Waals surface area contributed by atoms with Crippen LogP contribution < -0.4 is 5.32 Å². The van der Waals surface area contributed by atoms with Crippen LogP contribution in [0.2, 0.25) is 5.02 Å². The first-order valence-electron chi connectivity index (χ1n) is 4.50. The lowest BCUT2D eigenvalue weighted by molar-refractivity contribution is 0.125. The highest BCUT2D eigenvalue weighted by Crippen LogP contribution is 2.24. The van der Waals surface area contributed by atoms with Crippen LogP contribution in [0.4, 0.5) is 5.82 Å². The Balaban J connectivity index is 2.10. The van der Waals surface area contributed by atoms with E-state index in [1.807, 2.05) is 0 Å². The summed E-state index contributed by atoms with van der Waals surface area (Å²) >= 11 is 9.11. The van der Waals surface area contributed by atoms with Gasteiger partial charge in [0.2, 0.25) is 0 Å². The van der Waals surface area contributed by atoms with Gasteiger partial charge in [0.05, 0.1) is 34.9 Å². The van der Waals surface area contributed by atoms with Crippen molar-refractivity contribution in [3.8, 4) is 0 Å². The van der Waals surface area contributed by atoms with Gasteiger partial charge in [-0.3, -0.25) is 0 Å². The van der Waals surface area contributed by atoms with E-state index < -0.39 is 6.10 Å². The lowest BCUT2D eigenvalue weighted by atomic mass is 10.2. The van der Waals surface area contributed by atoms with Gasteiger partial charge in [0.25, 0.3) is 0 Å². The minimum absolute atomic E-state index is 0.116. The Morgan fingerprint density at radius 3 is 3.00 bits per heavy atom. The topological polar surface area (TPSA) is 54.4 Å². The van der Waals surface area contributed by atoms with Crippen molar-refractivity contribution in [2.45, 2.75) is 12.1 Å². The second kappa shape index (κ2) is 4.65. The molecule has 0 aliphatic carbocycles. The number of hydrogen-bond acceptors (Lipinski definition) is 4. The molecule has 1 aromatic rings. The highest BCUT2D eigenvalue weighted by atomic mass is 79.9. The van der Waals surface area contributed by atoms with Crippen molar-refractivity contribution in [1.82, 2.24) is 4.98 Å². The third kappa shape index (κ3) is 2.60. The number of aliphatic hydroxyl groups is 1. The van der Waals surface area contributed by atoms with Gasteiger partial charge in [0.1, 0.15) is 5.82 Å². The molecule has 1 saturated heterocycles. The molecule has 1 aliphatic rings. The van der Waals surface area contributed by atoms with E-state index in [2.05, 4.69) is 26.2 Å². The molecule has 0 aromatic carbocycles. The fourth-order valence-electron chi connectivity index (χ4n) is 1.38. The maximum absolute atomic E-state index is 9.54. The summed E-state index contributed by atoms with van der Waals surface area (Å²) in [6.07, 6.45) is 1.06. The van der Waals surface area contributed by atoms with Crippen molar-refractivity contribution < 1.29 is 9.84 Å². The average Bonchev–Trinajstić information content (AvgIpc) is 2.57. The maximum Gasteiger partial charge on any atom is 0.140 e. The minimum atomic E-state index is -0.491. The SMILES string of the molecule is O[C@@H]1COC[C@H]1Nc1ncc(Cl)cc1Br. The van der Waals surface area contributed by atoms with Crippen LogP contribution >= 0.6 is 27.5 Å². The summed E-state index contributed by atoms with van der Waals surface area (Å²) in [7, 11) is 0. The molecule has 1 aromatic heterocycles. The van der Waals surface area contributed by atoms with E-state index in [-0.39, 0.29) is 6.04 Å². The lowest BCUT2D eigenvalue weighted by Gasteiger charge is -2.16. The molecule has 4 nitrogen and oxygen atoms in total. The number of aromatic nitrogens is 1. The molecule has 2 atom stereocenters. The molecule has 0 spiro atoms. The number of aliphatic hydroxyl groups excluding tert-OH is 1. The van der Waals surface area contributed by atoms with Crippen molar-refractivity contribution in [1.29, 1.82) is 0 Å². The van der Waals surface area contributed by atoms with Crippen LogP contribution in [0.5, 0.6) is 0 Å². The number of halogens is 2. The van der Waals surface area contributed by atoms with Gasteiger partial charge in [-0.25, -0.2) is 4.98 Å². The van der Waals surface area contributed by atoms with Crippen LogP contribution in [0.15, 0.2) is 16.7 Å². The molecule has 0 unspecified atom stereocenters. The zero-order valence-electron chi connectivity index (χ0n) is 7.78. The van der Waals surface area contributed by atoms with Crippen molar-refractivity contribution in [3.63, 3.8) is 0 Å². The number of ether oxygens (including phenoxy) is 1. The van der Waals surface area contributed by atoms with Crippen LogP contribution in [0.25, 0.3) is 0 Å². The lowest BCUT2D eigenvalue weighted by Crippen LogP contribution is -2.32. The smallest absolute Gasteiger partial charge is 0.140 e. The van der Waals surface area contributed by atoms with E-state index >= 15 is 0 Å². The maximum atomic E-state index is 9.54. The summed E-state index contributed by atoms with van der Waals surface area (Å²) in [5.74, 6) is 0.661. The standard InChI is InChI=1S/C9H10BrClN2O2/c10-6-1-5(11)2-12-9(6)13-7-3-15-4-8(7)14/h1-2,7-8,14H,3-4H2,(H,12,13)/t7-,8-/m1/s1. The molecule has 15 heavy (non-hydrogen) atoms. The summed E-state index contributed by atoms with van der Waals surface area (Å²) in [4.78, 5) is 4.12. The zero-order valence-corrected chi connectivity index (χ0v) is 10.1. The Hall–Kier alpha value is -0.360. The molecule has 2 heterocycles. The van der Waals surface area contributed by atoms with Gasteiger partial charge < -0.3 is 15.2 Å². The summed E-state index contributed by atoms with van der Waals surface area (Å²) in [6, 6.07) is 1.63. The van der Waals surface area contributed by atoms with E-state index in [1.165, 1.54) is 0 Å². The largest absolute Gasteiger partial charge is 0.388 e. The fourth-order valence-corrected chi connectivity index (χ4v) is 2.13. The fraction of sp³-hybridized carbons (Fsp3) is 0.444. The molecule has 2 rings (SSSR count). The molecule has 0 saturated carbocycles. The second-order valence-electron chi connectivity index (χ2n) is 3.34. The van der Waals surface area contributed by atoms with Crippen molar-refractivity contribution in [3.05, 3.63) is 21.8 Å². The highest BCUT2D eigenvalue weighted by molar-refractivity contribution is 9.10. The Morgan fingerprint density at radius 1 is 1.60 bits per heavy atom. The van der Waals surface area contributed by atoms with Crippen molar-refractivity contribution in [2.75, 3.05) is 18.5 Å². The molecule has 1 aliphatic heterocycles. The Kier molecular flexibility index (Phi) is 3.45. The first-order chi connectivity index (χ1) is 7.16. The van der Waals surface area contributed by atoms with Gasteiger partial charge in [-0.05, 0) is 22.0 Å². The number of nitrogens with zero attached hydrogens (tertiary/aromatic N) is 1. The number of anilines is 1. The van der Waals surface area contributed by atoms with Crippen LogP contribution in [0.1, 0.15) is 0 Å². The summed E-state index contributed by atoms with van der Waals surface area (Å²) in [5, 5.41) is 13.2. The monoisotopic (exact) mass is 292 g/mol. The third-order valence-electron chi connectivity index (χ3n) is 2.18. The first kappa shape index (κ1) is 11.1. The van der Waals surface area contributed by atoms with Gasteiger partial charge in [-0.2, -0.15) is 0 Å². The van der Waals surface area contributed by atoms with Crippen LogP contribution in [-0.4, -0.2) is 35.5 Å². The summed E-state index contributed by atoms with van der Waals surface area (Å²) in [6.45, 7) is 0.848. The van der Waals surface area contributed by atoms with Gasteiger partial charge in [-0.1, -0.05) is 11.6 Å². The third-order valence-corrected chi connectivity index (χ3v) is 2.99. The second-order valence-corrected chi connectivity index (χ2v) is 4.63. The Labute approximate surface area is 101 Å². The van der Waals surface area contributed by atoms with E-state index in [0.29, 0.717) is 24.1 Å². The van der Waals surface area contributed by atoms with Crippen molar-refractivity contribution in [2.24, 2.45) is 0 Å². The van der Waals surface area contributed by atoms with E-state index in [0.717, 1.165) is 4.47 Å². The van der Waals surface area contributed by atoms with Gasteiger partial charge in [-0.15, -0.1) is 0 Å². The molecule has 0 amide bonds. The first-order valence-corrected chi connectivity index (χ1v) is 5.67. The Bertz CT molecular complexity index is 364. The summed E-state index contributed by atoms with van der Waals surface area (Å²) < 4.78 is 5.90. The molecule has 6 heteroatoms. The molecule has 82 valence electrons. The predicted octanol–water partition coefficient (Wildman–Crippen LogP) is 1.67. The van der Waals surface area contributed by atoms with Crippen LogP contribution in [0, 0.1) is 0 Å². The van der Waals surface area contributed by atoms with E-state index in [9.17, 15) is 5.11 Å². The van der Waals surface area contributed by atoms with Gasteiger partial charge >= 0.3 is 0 Å². The number of rotatable bonds is 2.